The number of hydrogen-bond donors (Lipinski definition) is 0. The fourth-order valence-corrected chi connectivity index (χ4v) is 4.18. The number of halogens is 3. The third kappa shape index (κ3) is 5.34. The molecule has 3 aromatic heterocycles. The number of benzene rings is 1. The van der Waals surface area contributed by atoms with E-state index in [0.29, 0.717) is 34.5 Å². The van der Waals surface area contributed by atoms with Crippen LogP contribution < -0.4 is 4.90 Å². The average molecular weight is 518 g/mol. The van der Waals surface area contributed by atoms with Crippen LogP contribution in [0.2, 0.25) is 0 Å². The lowest BCUT2D eigenvalue weighted by Crippen LogP contribution is -2.27. The van der Waals surface area contributed by atoms with Gasteiger partial charge in [0.15, 0.2) is 11.6 Å². The van der Waals surface area contributed by atoms with Crippen molar-refractivity contribution in [1.82, 2.24) is 19.9 Å². The monoisotopic (exact) mass is 517 g/mol. The molecule has 0 radical (unpaired) electrons. The molecule has 0 bridgehead atoms. The fourth-order valence-electron chi connectivity index (χ4n) is 3.95. The van der Waals surface area contributed by atoms with Crippen molar-refractivity contribution in [3.8, 4) is 22.8 Å². The zero-order valence-corrected chi connectivity index (χ0v) is 20.9. The Balaban J connectivity index is 1.38. The minimum atomic E-state index is -0.769. The van der Waals surface area contributed by atoms with Gasteiger partial charge in [-0.3, -0.25) is 9.97 Å². The predicted molar refractivity (Wildman–Crippen MR) is 138 cm³/mol. The SMILES string of the molecule is CC1=CC(OCc2ncc(F)cc2F)=C(Cl)CN1c1cc(-c2ccnc(-c3ccccc3)n2)ncc1C. The maximum Gasteiger partial charge on any atom is 0.159 e. The number of aromatic nitrogens is 4. The van der Waals surface area contributed by atoms with Crippen molar-refractivity contribution < 1.29 is 13.5 Å². The maximum atomic E-state index is 13.9. The third-order valence-electron chi connectivity index (χ3n) is 5.89. The molecule has 186 valence electrons. The van der Waals surface area contributed by atoms with E-state index >= 15 is 0 Å². The van der Waals surface area contributed by atoms with E-state index in [1.54, 1.807) is 18.5 Å². The van der Waals surface area contributed by atoms with Gasteiger partial charge in [-0.2, -0.15) is 0 Å². The Hall–Kier alpha value is -4.17. The number of hydrogen-bond acceptors (Lipinski definition) is 6. The van der Waals surface area contributed by atoms with Crippen molar-refractivity contribution in [2.45, 2.75) is 20.5 Å². The van der Waals surface area contributed by atoms with Gasteiger partial charge < -0.3 is 9.64 Å². The first-order valence-electron chi connectivity index (χ1n) is 11.5. The summed E-state index contributed by atoms with van der Waals surface area (Å²) in [5, 5.41) is 0.444. The Kier molecular flexibility index (Phi) is 6.92. The van der Waals surface area contributed by atoms with Crippen LogP contribution in [0.1, 0.15) is 18.2 Å². The Labute approximate surface area is 218 Å². The van der Waals surface area contributed by atoms with Crippen LogP contribution in [0.4, 0.5) is 14.5 Å². The highest BCUT2D eigenvalue weighted by Gasteiger charge is 2.22. The van der Waals surface area contributed by atoms with Crippen molar-refractivity contribution in [2.24, 2.45) is 0 Å². The Bertz CT molecular complexity index is 1520. The summed E-state index contributed by atoms with van der Waals surface area (Å²) in [6, 6.07) is 14.3. The molecule has 37 heavy (non-hydrogen) atoms. The summed E-state index contributed by atoms with van der Waals surface area (Å²) in [7, 11) is 0. The standard InChI is InChI=1S/C28H22ClF2N5O/c1-17-13-33-24(23-8-9-32-28(35-23)19-6-4-3-5-7-19)12-26(17)36-15-21(29)27(10-18(36)2)37-16-25-22(31)11-20(30)14-34-25/h3-14H,15-16H2,1-2H3. The van der Waals surface area contributed by atoms with Gasteiger partial charge in [0.1, 0.15) is 23.9 Å². The van der Waals surface area contributed by atoms with Crippen LogP contribution in [-0.2, 0) is 11.3 Å². The fraction of sp³-hybridized carbons (Fsp3) is 0.143. The van der Waals surface area contributed by atoms with E-state index in [-0.39, 0.29) is 12.3 Å². The number of aryl methyl sites for hydroxylation is 1. The van der Waals surface area contributed by atoms with Gasteiger partial charge in [-0.25, -0.2) is 18.7 Å². The molecule has 0 amide bonds. The minimum absolute atomic E-state index is 0.00110. The summed E-state index contributed by atoms with van der Waals surface area (Å²) in [5.74, 6) is -0.477. The van der Waals surface area contributed by atoms with Gasteiger partial charge in [-0.05, 0) is 31.5 Å². The molecule has 4 heterocycles. The molecule has 0 atom stereocenters. The Morgan fingerprint density at radius 2 is 1.78 bits per heavy atom. The number of anilines is 1. The molecule has 0 unspecified atom stereocenters. The van der Waals surface area contributed by atoms with Crippen molar-refractivity contribution in [3.63, 3.8) is 0 Å². The molecular weight excluding hydrogens is 496 g/mol. The van der Waals surface area contributed by atoms with Gasteiger partial charge in [0.05, 0.1) is 29.2 Å². The van der Waals surface area contributed by atoms with Gasteiger partial charge >= 0.3 is 0 Å². The Morgan fingerprint density at radius 1 is 0.973 bits per heavy atom. The van der Waals surface area contributed by atoms with Crippen molar-refractivity contribution in [2.75, 3.05) is 11.4 Å². The third-order valence-corrected chi connectivity index (χ3v) is 6.20. The highest BCUT2D eigenvalue weighted by molar-refractivity contribution is 6.30. The van der Waals surface area contributed by atoms with Crippen LogP contribution in [0.15, 0.2) is 89.7 Å². The second-order valence-corrected chi connectivity index (χ2v) is 8.96. The summed E-state index contributed by atoms with van der Waals surface area (Å²) >= 11 is 6.58. The zero-order valence-electron chi connectivity index (χ0n) is 20.1. The number of rotatable bonds is 6. The van der Waals surface area contributed by atoms with Crippen molar-refractivity contribution in [1.29, 1.82) is 0 Å². The number of pyridine rings is 2. The lowest BCUT2D eigenvalue weighted by molar-refractivity contribution is 0.200. The first-order valence-corrected chi connectivity index (χ1v) is 11.9. The molecule has 0 saturated heterocycles. The van der Waals surface area contributed by atoms with Crippen LogP contribution in [0.3, 0.4) is 0 Å². The van der Waals surface area contributed by atoms with Crippen LogP contribution in [0.25, 0.3) is 22.8 Å². The second-order valence-electron chi connectivity index (χ2n) is 8.50. The molecule has 0 spiro atoms. The topological polar surface area (TPSA) is 64.0 Å². The molecule has 5 rings (SSSR count). The minimum Gasteiger partial charge on any atom is -0.486 e. The molecule has 1 aliphatic rings. The van der Waals surface area contributed by atoms with Crippen LogP contribution in [0, 0.1) is 18.6 Å². The largest absolute Gasteiger partial charge is 0.486 e. The summed E-state index contributed by atoms with van der Waals surface area (Å²) in [4.78, 5) is 19.5. The second kappa shape index (κ2) is 10.4. The smallest absolute Gasteiger partial charge is 0.159 e. The molecule has 0 saturated carbocycles. The van der Waals surface area contributed by atoms with Gasteiger partial charge in [-0.15, -0.1) is 0 Å². The zero-order chi connectivity index (χ0) is 25.9. The van der Waals surface area contributed by atoms with Crippen LogP contribution in [0.5, 0.6) is 0 Å². The van der Waals surface area contributed by atoms with E-state index in [4.69, 9.17) is 21.3 Å². The average Bonchev–Trinajstić information content (AvgIpc) is 2.91. The van der Waals surface area contributed by atoms with Crippen molar-refractivity contribution in [3.05, 3.63) is 113 Å². The van der Waals surface area contributed by atoms with Crippen LogP contribution >= 0.6 is 11.6 Å². The molecule has 1 aromatic carbocycles. The van der Waals surface area contributed by atoms with Crippen molar-refractivity contribution >= 4 is 17.3 Å². The molecule has 0 fully saturated rings. The van der Waals surface area contributed by atoms with Crippen LogP contribution in [-0.4, -0.2) is 26.5 Å². The first kappa shape index (κ1) is 24.5. The summed E-state index contributed by atoms with van der Waals surface area (Å²) in [6.45, 7) is 4.09. The van der Waals surface area contributed by atoms with Gasteiger partial charge in [0.2, 0.25) is 0 Å². The molecule has 6 nitrogen and oxygen atoms in total. The van der Waals surface area contributed by atoms with E-state index in [0.717, 1.165) is 34.8 Å². The Morgan fingerprint density at radius 3 is 2.57 bits per heavy atom. The van der Waals surface area contributed by atoms with Gasteiger partial charge in [0.25, 0.3) is 0 Å². The molecule has 4 aromatic rings. The number of nitrogens with zero attached hydrogens (tertiary/aromatic N) is 5. The van der Waals surface area contributed by atoms with E-state index in [1.807, 2.05) is 61.2 Å². The molecular formula is C28H22ClF2N5O. The summed E-state index contributed by atoms with van der Waals surface area (Å²) < 4.78 is 32.8. The van der Waals surface area contributed by atoms with E-state index in [9.17, 15) is 8.78 Å². The normalized spacial score (nSPS) is 13.5. The number of ether oxygens (including phenoxy) is 1. The lowest BCUT2D eigenvalue weighted by Gasteiger charge is -2.31. The lowest BCUT2D eigenvalue weighted by atomic mass is 10.1. The van der Waals surface area contributed by atoms with Gasteiger partial charge in [0, 0.05) is 41.5 Å². The van der Waals surface area contributed by atoms with E-state index in [1.165, 1.54) is 0 Å². The predicted octanol–water partition coefficient (Wildman–Crippen LogP) is 6.58. The summed E-state index contributed by atoms with van der Waals surface area (Å²) in [6.07, 6.45) is 6.26. The highest BCUT2D eigenvalue weighted by Crippen LogP contribution is 2.33. The quantitative estimate of drug-likeness (QED) is 0.288. The highest BCUT2D eigenvalue weighted by atomic mass is 35.5. The van der Waals surface area contributed by atoms with E-state index < -0.39 is 11.6 Å². The van der Waals surface area contributed by atoms with E-state index in [2.05, 4.69) is 15.0 Å². The molecule has 9 heteroatoms. The molecule has 0 N–H and O–H groups in total. The van der Waals surface area contributed by atoms with Gasteiger partial charge in [-0.1, -0.05) is 41.9 Å². The molecule has 1 aliphatic heterocycles. The summed E-state index contributed by atoms with van der Waals surface area (Å²) in [5.41, 5.74) is 5.08. The first-order chi connectivity index (χ1) is 17.9. The molecule has 0 aliphatic carbocycles. The number of allylic oxidation sites excluding steroid dienone is 2. The maximum absolute atomic E-state index is 13.9.